The fourth-order valence-electron chi connectivity index (χ4n) is 2.04. The van der Waals surface area contributed by atoms with Gasteiger partial charge in [-0.25, -0.2) is 0 Å². The van der Waals surface area contributed by atoms with Gasteiger partial charge in [0.25, 0.3) is 0 Å². The molecule has 6 atom stereocenters. The minimum Gasteiger partial charge on any atom is -0.0879 e. The Bertz CT molecular complexity index is 175. The quantitative estimate of drug-likeness (QED) is 0.252. The van der Waals surface area contributed by atoms with Crippen molar-refractivity contribution < 1.29 is 0 Å². The summed E-state index contributed by atoms with van der Waals surface area (Å²) in [5.41, 5.74) is 0. The standard InChI is InChI=1S/C12H18Br6/c13-7-1-2-8(14)10(16)5-6-12(18)11(17)4-3-9(7)15/h7-12H,1-6H2/t7-,8-,9+,10+,11-,12-/m1/s1. The van der Waals surface area contributed by atoms with E-state index in [-0.39, 0.29) is 0 Å². The summed E-state index contributed by atoms with van der Waals surface area (Å²) in [6, 6.07) is 0. The highest BCUT2D eigenvalue weighted by Crippen LogP contribution is 2.34. The van der Waals surface area contributed by atoms with Gasteiger partial charge in [-0.15, -0.1) is 0 Å². The Kier molecular flexibility index (Phi) is 10.3. The molecule has 1 fully saturated rings. The highest BCUT2D eigenvalue weighted by Gasteiger charge is 2.25. The van der Waals surface area contributed by atoms with E-state index in [1.54, 1.807) is 0 Å². The molecule has 0 heterocycles. The molecule has 0 amide bonds. The summed E-state index contributed by atoms with van der Waals surface area (Å²) >= 11 is 22.9. The molecule has 0 radical (unpaired) electrons. The van der Waals surface area contributed by atoms with Crippen molar-refractivity contribution in [3.8, 4) is 0 Å². The van der Waals surface area contributed by atoms with E-state index in [4.69, 9.17) is 0 Å². The summed E-state index contributed by atoms with van der Waals surface area (Å²) in [5, 5.41) is 0. The van der Waals surface area contributed by atoms with Crippen LogP contribution in [-0.2, 0) is 0 Å². The Morgan fingerprint density at radius 3 is 0.556 bits per heavy atom. The first-order valence-electron chi connectivity index (χ1n) is 6.26. The van der Waals surface area contributed by atoms with Crippen LogP contribution in [0.25, 0.3) is 0 Å². The van der Waals surface area contributed by atoms with Gasteiger partial charge in [0.1, 0.15) is 0 Å². The molecule has 1 aliphatic carbocycles. The number of halogens is 6. The van der Waals surface area contributed by atoms with Crippen molar-refractivity contribution in [1.82, 2.24) is 0 Å². The molecule has 0 bridgehead atoms. The summed E-state index contributed by atoms with van der Waals surface area (Å²) < 4.78 is 0. The zero-order chi connectivity index (χ0) is 13.7. The second-order valence-electron chi connectivity index (χ2n) is 4.83. The van der Waals surface area contributed by atoms with Crippen LogP contribution in [0.5, 0.6) is 0 Å². The molecular formula is C12H18Br6. The van der Waals surface area contributed by atoms with E-state index in [2.05, 4.69) is 95.6 Å². The molecule has 6 heteroatoms. The van der Waals surface area contributed by atoms with Crippen molar-refractivity contribution in [2.45, 2.75) is 67.5 Å². The highest BCUT2D eigenvalue weighted by atomic mass is 79.9. The van der Waals surface area contributed by atoms with E-state index < -0.39 is 0 Å². The number of alkyl halides is 6. The monoisotopic (exact) mass is 636 g/mol. The van der Waals surface area contributed by atoms with Gasteiger partial charge in [0.15, 0.2) is 0 Å². The van der Waals surface area contributed by atoms with E-state index in [0.717, 1.165) is 0 Å². The topological polar surface area (TPSA) is 0 Å². The van der Waals surface area contributed by atoms with Crippen molar-refractivity contribution in [3.63, 3.8) is 0 Å². The van der Waals surface area contributed by atoms with Crippen molar-refractivity contribution in [2.75, 3.05) is 0 Å². The molecule has 0 aromatic heterocycles. The molecule has 0 saturated heterocycles. The minimum absolute atomic E-state index is 0.560. The lowest BCUT2D eigenvalue weighted by Gasteiger charge is -2.25. The molecule has 0 aromatic rings. The molecule has 0 aromatic carbocycles. The summed E-state index contributed by atoms with van der Waals surface area (Å²) in [4.78, 5) is 3.36. The Labute approximate surface area is 161 Å². The first-order chi connectivity index (χ1) is 8.41. The normalized spacial score (nSPS) is 45.0. The third kappa shape index (κ3) is 6.76. The Hall–Kier alpha value is 2.88. The van der Waals surface area contributed by atoms with Crippen LogP contribution < -0.4 is 0 Å². The molecule has 1 saturated carbocycles. The van der Waals surface area contributed by atoms with Gasteiger partial charge >= 0.3 is 0 Å². The predicted octanol–water partition coefficient (Wildman–Crippen LogP) is 6.92. The second kappa shape index (κ2) is 9.81. The third-order valence-electron chi connectivity index (χ3n) is 3.33. The molecule has 0 unspecified atom stereocenters. The first-order valence-corrected chi connectivity index (χ1v) is 11.8. The lowest BCUT2D eigenvalue weighted by molar-refractivity contribution is 0.557. The van der Waals surface area contributed by atoms with E-state index in [1.807, 2.05) is 0 Å². The smallest absolute Gasteiger partial charge is 0.0271 e. The van der Waals surface area contributed by atoms with E-state index in [0.29, 0.717) is 29.0 Å². The number of rotatable bonds is 0. The Morgan fingerprint density at radius 2 is 0.444 bits per heavy atom. The van der Waals surface area contributed by atoms with Crippen molar-refractivity contribution >= 4 is 95.6 Å². The van der Waals surface area contributed by atoms with Gasteiger partial charge in [-0.1, -0.05) is 95.6 Å². The van der Waals surface area contributed by atoms with Crippen molar-refractivity contribution in [1.29, 1.82) is 0 Å². The van der Waals surface area contributed by atoms with Crippen LogP contribution in [-0.4, -0.2) is 29.0 Å². The van der Waals surface area contributed by atoms with E-state index >= 15 is 0 Å². The first kappa shape index (κ1) is 18.9. The summed E-state index contributed by atoms with van der Waals surface area (Å²) in [5.74, 6) is 0. The molecule has 0 nitrogen and oxygen atoms in total. The van der Waals surface area contributed by atoms with Crippen LogP contribution >= 0.6 is 95.6 Å². The summed E-state index contributed by atoms with van der Waals surface area (Å²) in [7, 11) is 0. The van der Waals surface area contributed by atoms with Crippen LogP contribution in [0.15, 0.2) is 0 Å². The van der Waals surface area contributed by atoms with Crippen molar-refractivity contribution in [3.05, 3.63) is 0 Å². The molecule has 108 valence electrons. The lowest BCUT2D eigenvalue weighted by Crippen LogP contribution is -2.25. The number of hydrogen-bond donors (Lipinski definition) is 0. The highest BCUT2D eigenvalue weighted by molar-refractivity contribution is 9.13. The summed E-state index contributed by atoms with van der Waals surface area (Å²) in [6.07, 6.45) is 7.24. The van der Waals surface area contributed by atoms with Gasteiger partial charge in [-0.2, -0.15) is 0 Å². The number of hydrogen-bond acceptors (Lipinski definition) is 0. The van der Waals surface area contributed by atoms with Gasteiger partial charge in [-0.05, 0) is 38.5 Å². The second-order valence-corrected chi connectivity index (χ2v) is 11.9. The summed E-state index contributed by atoms with van der Waals surface area (Å²) in [6.45, 7) is 0. The molecule has 1 aliphatic rings. The molecule has 0 N–H and O–H groups in total. The molecule has 1 rings (SSSR count). The van der Waals surface area contributed by atoms with Crippen LogP contribution in [0, 0.1) is 0 Å². The Balaban J connectivity index is 2.61. The van der Waals surface area contributed by atoms with Gasteiger partial charge in [0.2, 0.25) is 0 Å². The van der Waals surface area contributed by atoms with Gasteiger partial charge in [-0.3, -0.25) is 0 Å². The molecule has 18 heavy (non-hydrogen) atoms. The molecular weight excluding hydrogens is 624 g/mol. The maximum Gasteiger partial charge on any atom is 0.0271 e. The van der Waals surface area contributed by atoms with E-state index in [1.165, 1.54) is 38.5 Å². The van der Waals surface area contributed by atoms with Crippen LogP contribution in [0.2, 0.25) is 0 Å². The average Bonchev–Trinajstić information content (AvgIpc) is 2.36. The fraction of sp³-hybridized carbons (Fsp3) is 1.00. The van der Waals surface area contributed by atoms with Crippen LogP contribution in [0.3, 0.4) is 0 Å². The van der Waals surface area contributed by atoms with Gasteiger partial charge in [0, 0.05) is 29.0 Å². The van der Waals surface area contributed by atoms with Crippen LogP contribution in [0.1, 0.15) is 38.5 Å². The lowest BCUT2D eigenvalue weighted by atomic mass is 10.0. The Morgan fingerprint density at radius 1 is 0.333 bits per heavy atom. The maximum absolute atomic E-state index is 3.82. The SMILES string of the molecule is Br[C@@H]1CC[C@H](Br)[C@H](Br)CC[C@@H](Br)[C@@H](Br)CC[C@H]1Br. The average molecular weight is 642 g/mol. The largest absolute Gasteiger partial charge is 0.0879 e. The zero-order valence-electron chi connectivity index (χ0n) is 9.97. The van der Waals surface area contributed by atoms with Crippen LogP contribution in [0.4, 0.5) is 0 Å². The molecule has 0 aliphatic heterocycles. The predicted molar refractivity (Wildman–Crippen MR) is 104 cm³/mol. The van der Waals surface area contributed by atoms with Gasteiger partial charge in [0.05, 0.1) is 0 Å². The minimum atomic E-state index is 0.560. The maximum atomic E-state index is 3.82. The molecule has 0 spiro atoms. The third-order valence-corrected chi connectivity index (χ3v) is 12.0. The van der Waals surface area contributed by atoms with Crippen molar-refractivity contribution in [2.24, 2.45) is 0 Å². The van der Waals surface area contributed by atoms with E-state index in [9.17, 15) is 0 Å². The fourth-order valence-corrected chi connectivity index (χ4v) is 5.21. The van der Waals surface area contributed by atoms with Gasteiger partial charge < -0.3 is 0 Å². The zero-order valence-corrected chi connectivity index (χ0v) is 19.5.